The molecule has 0 unspecified atom stereocenters. The van der Waals surface area contributed by atoms with E-state index >= 15 is 0 Å². The van der Waals surface area contributed by atoms with Crippen molar-refractivity contribution >= 4 is 64.2 Å². The van der Waals surface area contributed by atoms with Crippen molar-refractivity contribution in [1.82, 2.24) is 10.2 Å². The van der Waals surface area contributed by atoms with Gasteiger partial charge in [0.2, 0.25) is 11.8 Å². The molecule has 0 saturated heterocycles. The van der Waals surface area contributed by atoms with Gasteiger partial charge in [0.05, 0.1) is 17.7 Å². The third-order valence-corrected chi connectivity index (χ3v) is 4.15. The number of nitrogens with one attached hydrogen (secondary N) is 2. The smallest absolute Gasteiger partial charge is 0.305 e. The Balaban J connectivity index is 3.06. The van der Waals surface area contributed by atoms with Crippen LogP contribution in [0, 0.1) is 0 Å². The minimum absolute atomic E-state index is 0.0605. The zero-order chi connectivity index (χ0) is 21.1. The number of hydrogen-bond donors (Lipinski definition) is 3. The lowest BCUT2D eigenvalue weighted by atomic mass is 10.1. The molecular weight excluding hydrogens is 433 g/mol. The molecule has 0 radical (unpaired) electrons. The molecule has 1 atom stereocenters. The summed E-state index contributed by atoms with van der Waals surface area (Å²) in [5.41, 5.74) is 0.246. The highest BCUT2D eigenvalue weighted by molar-refractivity contribution is 6.29. The Morgan fingerprint density at radius 2 is 1.64 bits per heavy atom. The largest absolute Gasteiger partial charge is 0.481 e. The Labute approximate surface area is 177 Å². The van der Waals surface area contributed by atoms with Gasteiger partial charge in [0.1, 0.15) is 11.9 Å². The molecule has 0 aromatic heterocycles. The summed E-state index contributed by atoms with van der Waals surface area (Å²) in [6.45, 7) is 0.308. The van der Waals surface area contributed by atoms with Crippen molar-refractivity contribution in [2.75, 3.05) is 36.0 Å². The van der Waals surface area contributed by atoms with Gasteiger partial charge in [-0.3, -0.25) is 19.2 Å². The molecule has 1 aromatic rings. The Bertz CT molecular complexity index is 711. The molecule has 1 rings (SSSR count). The maximum absolute atomic E-state index is 12.7. The summed E-state index contributed by atoms with van der Waals surface area (Å²) in [4.78, 5) is 49.3. The van der Waals surface area contributed by atoms with Crippen LogP contribution < -0.4 is 10.6 Å². The highest BCUT2D eigenvalue weighted by Gasteiger charge is 2.28. The quantitative estimate of drug-likeness (QED) is 0.442. The molecule has 11 heteroatoms. The van der Waals surface area contributed by atoms with E-state index < -0.39 is 36.2 Å². The van der Waals surface area contributed by atoms with Crippen LogP contribution in [-0.4, -0.2) is 70.5 Å². The fourth-order valence-electron chi connectivity index (χ4n) is 2.34. The zero-order valence-corrected chi connectivity index (χ0v) is 17.1. The van der Waals surface area contributed by atoms with Gasteiger partial charge in [0.25, 0.3) is 5.91 Å². The predicted octanol–water partition coefficient (Wildman–Crippen LogP) is 1.74. The van der Waals surface area contributed by atoms with E-state index in [0.717, 1.165) is 0 Å². The highest BCUT2D eigenvalue weighted by Crippen LogP contribution is 2.16. The van der Waals surface area contributed by atoms with Crippen LogP contribution >= 0.6 is 34.8 Å². The summed E-state index contributed by atoms with van der Waals surface area (Å²) in [6, 6.07) is 4.75. The first kappa shape index (κ1) is 24.0. The van der Waals surface area contributed by atoms with E-state index in [2.05, 4.69) is 10.6 Å². The molecule has 28 heavy (non-hydrogen) atoms. The van der Waals surface area contributed by atoms with E-state index in [1.54, 1.807) is 12.1 Å². The van der Waals surface area contributed by atoms with Crippen LogP contribution in [-0.2, 0) is 14.4 Å². The molecule has 0 aliphatic heterocycles. The van der Waals surface area contributed by atoms with E-state index in [-0.39, 0.29) is 42.0 Å². The monoisotopic (exact) mass is 451 g/mol. The predicted molar refractivity (Wildman–Crippen MR) is 107 cm³/mol. The number of carbonyl (C=O) groups excluding carboxylic acids is 3. The molecule has 0 aliphatic rings. The average Bonchev–Trinajstić information content (AvgIpc) is 2.66. The van der Waals surface area contributed by atoms with Crippen molar-refractivity contribution in [3.63, 3.8) is 0 Å². The van der Waals surface area contributed by atoms with Crippen LogP contribution in [0.25, 0.3) is 0 Å². The van der Waals surface area contributed by atoms with Crippen molar-refractivity contribution < 1.29 is 24.3 Å². The SMILES string of the molecule is O=C(O)C[C@H](NC(=O)c1ccccc1NC(=O)CCl)C(=O)N(CCCl)CCCl. The third kappa shape index (κ3) is 7.53. The Morgan fingerprint density at radius 1 is 1.04 bits per heavy atom. The van der Waals surface area contributed by atoms with Crippen LogP contribution in [0.4, 0.5) is 5.69 Å². The van der Waals surface area contributed by atoms with Crippen LogP contribution in [0.3, 0.4) is 0 Å². The zero-order valence-electron chi connectivity index (χ0n) is 14.8. The van der Waals surface area contributed by atoms with Crippen LogP contribution in [0.1, 0.15) is 16.8 Å². The fraction of sp³-hybridized carbons (Fsp3) is 0.412. The number of alkyl halides is 3. The van der Waals surface area contributed by atoms with Gasteiger partial charge < -0.3 is 20.6 Å². The number of nitrogens with zero attached hydrogens (tertiary/aromatic N) is 1. The molecule has 0 spiro atoms. The lowest BCUT2D eigenvalue weighted by Crippen LogP contribution is -2.50. The number of aliphatic carboxylic acids is 1. The molecular formula is C17H20Cl3N3O5. The Hall–Kier alpha value is -2.03. The maximum Gasteiger partial charge on any atom is 0.305 e. The van der Waals surface area contributed by atoms with Crippen LogP contribution in [0.5, 0.6) is 0 Å². The lowest BCUT2D eigenvalue weighted by Gasteiger charge is -2.26. The second-order valence-corrected chi connectivity index (χ2v) is 6.58. The Kier molecular flexibility index (Phi) is 10.7. The van der Waals surface area contributed by atoms with E-state index in [0.29, 0.717) is 0 Å². The van der Waals surface area contributed by atoms with Crippen molar-refractivity contribution in [3.05, 3.63) is 29.8 Å². The third-order valence-electron chi connectivity index (χ3n) is 3.57. The molecule has 154 valence electrons. The Morgan fingerprint density at radius 3 is 2.18 bits per heavy atom. The number of amides is 3. The van der Waals surface area contributed by atoms with Crippen molar-refractivity contribution in [3.8, 4) is 0 Å². The summed E-state index contributed by atoms with van der Waals surface area (Å²) in [6.07, 6.45) is -0.623. The van der Waals surface area contributed by atoms with Crippen LogP contribution in [0.2, 0.25) is 0 Å². The second kappa shape index (κ2) is 12.4. The molecule has 3 N–H and O–H groups in total. The first-order chi connectivity index (χ1) is 13.3. The number of halogens is 3. The van der Waals surface area contributed by atoms with Gasteiger partial charge in [0.15, 0.2) is 0 Å². The molecule has 3 amide bonds. The number of benzene rings is 1. The minimum atomic E-state index is -1.33. The van der Waals surface area contributed by atoms with Gasteiger partial charge in [-0.15, -0.1) is 34.8 Å². The normalized spacial score (nSPS) is 11.4. The first-order valence-electron chi connectivity index (χ1n) is 8.22. The number of anilines is 1. The van der Waals surface area contributed by atoms with Gasteiger partial charge in [-0.2, -0.15) is 0 Å². The standard InChI is InChI=1S/C17H20Cl3N3O5/c18-5-7-23(8-6-19)17(28)13(9-15(25)26)22-16(27)11-3-1-2-4-12(11)21-14(24)10-20/h1-4,13H,5-10H2,(H,21,24)(H,22,27)(H,25,26)/t13-/m0/s1. The number of carboxylic acid groups (broad SMARTS) is 1. The molecule has 0 heterocycles. The molecule has 0 aliphatic carbocycles. The van der Waals surface area contributed by atoms with Gasteiger partial charge in [0, 0.05) is 24.8 Å². The summed E-state index contributed by atoms with van der Waals surface area (Å²) >= 11 is 16.8. The molecule has 0 fully saturated rings. The van der Waals surface area contributed by atoms with Crippen molar-refractivity contribution in [2.24, 2.45) is 0 Å². The van der Waals surface area contributed by atoms with Crippen LogP contribution in [0.15, 0.2) is 24.3 Å². The average molecular weight is 453 g/mol. The summed E-state index contributed by atoms with van der Waals surface area (Å²) in [7, 11) is 0. The topological polar surface area (TPSA) is 116 Å². The van der Waals surface area contributed by atoms with E-state index in [9.17, 15) is 19.2 Å². The van der Waals surface area contributed by atoms with Gasteiger partial charge in [-0.25, -0.2) is 0 Å². The molecule has 0 bridgehead atoms. The fourth-order valence-corrected chi connectivity index (χ4v) is 2.82. The maximum atomic E-state index is 12.7. The summed E-state index contributed by atoms with van der Waals surface area (Å²) in [5.74, 6) is -3.16. The highest BCUT2D eigenvalue weighted by atomic mass is 35.5. The van der Waals surface area contributed by atoms with Crippen molar-refractivity contribution in [2.45, 2.75) is 12.5 Å². The van der Waals surface area contributed by atoms with E-state index in [4.69, 9.17) is 39.9 Å². The second-order valence-electron chi connectivity index (χ2n) is 5.55. The van der Waals surface area contributed by atoms with E-state index in [1.807, 2.05) is 0 Å². The molecule has 0 saturated carbocycles. The number of rotatable bonds is 11. The number of carbonyl (C=O) groups is 4. The lowest BCUT2D eigenvalue weighted by molar-refractivity contribution is -0.142. The summed E-state index contributed by atoms with van der Waals surface area (Å²) in [5, 5.41) is 14.0. The number of hydrogen-bond acceptors (Lipinski definition) is 4. The molecule has 8 nitrogen and oxygen atoms in total. The van der Waals surface area contributed by atoms with Gasteiger partial charge in [-0.05, 0) is 12.1 Å². The van der Waals surface area contributed by atoms with Gasteiger partial charge in [-0.1, -0.05) is 12.1 Å². The minimum Gasteiger partial charge on any atom is -0.481 e. The summed E-state index contributed by atoms with van der Waals surface area (Å²) < 4.78 is 0. The number of para-hydroxylation sites is 1. The van der Waals surface area contributed by atoms with Crippen molar-refractivity contribution in [1.29, 1.82) is 0 Å². The van der Waals surface area contributed by atoms with E-state index in [1.165, 1.54) is 17.0 Å². The first-order valence-corrected chi connectivity index (χ1v) is 9.82. The molecule has 1 aromatic carbocycles. The number of carboxylic acids is 1. The van der Waals surface area contributed by atoms with Gasteiger partial charge >= 0.3 is 5.97 Å².